The lowest BCUT2D eigenvalue weighted by Gasteiger charge is -2.47. The van der Waals surface area contributed by atoms with Gasteiger partial charge in [-0.3, -0.25) is 14.6 Å². The Kier molecular flexibility index (Phi) is 9.43. The van der Waals surface area contributed by atoms with Crippen LogP contribution in [0.15, 0.2) is 29.6 Å². The van der Waals surface area contributed by atoms with Crippen LogP contribution < -0.4 is 16.0 Å². The number of carbonyl (C=O) groups excluding carboxylic acids is 1. The van der Waals surface area contributed by atoms with Crippen LogP contribution in [0.2, 0.25) is 5.15 Å². The minimum Gasteiger partial charge on any atom is -0.395 e. The highest BCUT2D eigenvalue weighted by Crippen LogP contribution is 2.30. The van der Waals surface area contributed by atoms with Crippen molar-refractivity contribution in [2.75, 3.05) is 56.5 Å². The Morgan fingerprint density at radius 3 is 2.62 bits per heavy atom. The number of likely N-dealkylation sites (tertiary alicyclic amines) is 1. The number of halogens is 1. The Bertz CT molecular complexity index is 1270. The average Bonchev–Trinajstić information content (AvgIpc) is 3.53. The van der Waals surface area contributed by atoms with Crippen molar-refractivity contribution in [1.29, 1.82) is 0 Å². The van der Waals surface area contributed by atoms with E-state index in [9.17, 15) is 4.79 Å². The number of aliphatic hydroxyl groups excluding tert-OH is 1. The molecule has 4 heterocycles. The zero-order valence-electron chi connectivity index (χ0n) is 22.7. The summed E-state index contributed by atoms with van der Waals surface area (Å²) in [5.41, 5.74) is 9.41. The lowest BCUT2D eigenvalue weighted by atomic mass is 9.97. The number of rotatable bonds is 9. The molecule has 2 aliphatic heterocycles. The summed E-state index contributed by atoms with van der Waals surface area (Å²) in [5.74, 6) is 0.0515. The number of carbonyl (C=O) groups is 1. The van der Waals surface area contributed by atoms with E-state index in [1.54, 1.807) is 0 Å². The summed E-state index contributed by atoms with van der Waals surface area (Å²) in [6, 6.07) is 9.57. The summed E-state index contributed by atoms with van der Waals surface area (Å²) in [5, 5.41) is 17.8. The molecule has 2 aromatic heterocycles. The third-order valence-corrected chi connectivity index (χ3v) is 8.58. The quantitative estimate of drug-likeness (QED) is 0.343. The molecule has 2 aliphatic rings. The molecule has 13 heteroatoms. The van der Waals surface area contributed by atoms with Crippen molar-refractivity contribution in [3.05, 3.63) is 46.1 Å². The minimum absolute atomic E-state index is 0.0210. The highest BCUT2D eigenvalue weighted by Gasteiger charge is 2.34. The Morgan fingerprint density at radius 2 is 1.95 bits per heavy atom. The van der Waals surface area contributed by atoms with Gasteiger partial charge in [0.25, 0.3) is 5.91 Å². The van der Waals surface area contributed by atoms with Crippen molar-refractivity contribution in [1.82, 2.24) is 34.7 Å². The largest absolute Gasteiger partial charge is 0.395 e. The molecule has 1 amide bonds. The van der Waals surface area contributed by atoms with Crippen molar-refractivity contribution in [2.24, 2.45) is 0 Å². The van der Waals surface area contributed by atoms with Gasteiger partial charge in [-0.15, -0.1) is 5.10 Å². The lowest BCUT2D eigenvalue weighted by Crippen LogP contribution is -2.58. The SMILES string of the molecule is CC[C@H]1CN(c2nc(N)c(C(=O)NCCO)nc2Cl)CCN1C1CCN(Cc2ccc(-c3csnn3)cc2)CC1. The fourth-order valence-electron chi connectivity index (χ4n) is 5.68. The molecule has 5 rings (SSSR count). The van der Waals surface area contributed by atoms with Crippen LogP contribution in [0, 0.1) is 0 Å². The highest BCUT2D eigenvalue weighted by atomic mass is 35.5. The molecule has 2 saturated heterocycles. The molecule has 40 heavy (non-hydrogen) atoms. The van der Waals surface area contributed by atoms with Gasteiger partial charge in [-0.2, -0.15) is 0 Å². The molecule has 11 nitrogen and oxygen atoms in total. The number of piperazine rings is 1. The van der Waals surface area contributed by atoms with Crippen molar-refractivity contribution < 1.29 is 9.90 Å². The normalized spacial score (nSPS) is 19.2. The van der Waals surface area contributed by atoms with Gasteiger partial charge in [-0.25, -0.2) is 9.97 Å². The summed E-state index contributed by atoms with van der Waals surface area (Å²) >= 11 is 7.85. The van der Waals surface area contributed by atoms with E-state index in [0.29, 0.717) is 17.9 Å². The van der Waals surface area contributed by atoms with Crippen LogP contribution in [-0.4, -0.2) is 98.3 Å². The molecule has 0 aliphatic carbocycles. The number of nitrogens with two attached hydrogens (primary N) is 1. The van der Waals surface area contributed by atoms with Crippen LogP contribution in [0.5, 0.6) is 0 Å². The first-order valence-corrected chi connectivity index (χ1v) is 15.0. The molecule has 0 spiro atoms. The molecule has 4 N–H and O–H groups in total. The topological polar surface area (TPSA) is 137 Å². The van der Waals surface area contributed by atoms with Gasteiger partial charge in [-0.05, 0) is 49.4 Å². The van der Waals surface area contributed by atoms with Gasteiger partial charge in [0.15, 0.2) is 22.5 Å². The number of benzene rings is 1. The Labute approximate surface area is 243 Å². The average molecular weight is 586 g/mol. The summed E-state index contributed by atoms with van der Waals surface area (Å²) in [6.45, 7) is 7.72. The summed E-state index contributed by atoms with van der Waals surface area (Å²) in [4.78, 5) is 28.3. The zero-order valence-corrected chi connectivity index (χ0v) is 24.2. The van der Waals surface area contributed by atoms with Crippen LogP contribution in [0.3, 0.4) is 0 Å². The first kappa shape index (κ1) is 28.6. The number of anilines is 2. The van der Waals surface area contributed by atoms with Crippen LogP contribution in [0.1, 0.15) is 42.2 Å². The van der Waals surface area contributed by atoms with Gasteiger partial charge >= 0.3 is 0 Å². The number of piperidine rings is 1. The Hall–Kier alpha value is -2.90. The number of nitrogen functional groups attached to an aromatic ring is 1. The fraction of sp³-hybridized carbons (Fsp3) is 0.519. The Morgan fingerprint density at radius 1 is 1.18 bits per heavy atom. The van der Waals surface area contributed by atoms with E-state index < -0.39 is 5.91 Å². The molecule has 0 radical (unpaired) electrons. The van der Waals surface area contributed by atoms with Crippen molar-refractivity contribution in [2.45, 2.75) is 44.8 Å². The number of amides is 1. The first-order valence-electron chi connectivity index (χ1n) is 13.8. The van der Waals surface area contributed by atoms with E-state index >= 15 is 0 Å². The highest BCUT2D eigenvalue weighted by molar-refractivity contribution is 7.03. The van der Waals surface area contributed by atoms with E-state index in [1.165, 1.54) is 17.1 Å². The maximum absolute atomic E-state index is 12.3. The number of hydrogen-bond donors (Lipinski definition) is 3. The smallest absolute Gasteiger partial charge is 0.273 e. The maximum Gasteiger partial charge on any atom is 0.273 e. The maximum atomic E-state index is 12.3. The molecule has 0 unspecified atom stereocenters. The van der Waals surface area contributed by atoms with Crippen LogP contribution in [0.4, 0.5) is 11.6 Å². The monoisotopic (exact) mass is 585 g/mol. The van der Waals surface area contributed by atoms with Gasteiger partial charge in [-0.1, -0.05) is 47.3 Å². The van der Waals surface area contributed by atoms with E-state index in [1.807, 2.05) is 5.38 Å². The van der Waals surface area contributed by atoms with E-state index in [-0.39, 0.29) is 29.8 Å². The van der Waals surface area contributed by atoms with Crippen molar-refractivity contribution >= 4 is 40.7 Å². The summed E-state index contributed by atoms with van der Waals surface area (Å²) < 4.78 is 3.96. The third kappa shape index (κ3) is 6.52. The fourth-order valence-corrected chi connectivity index (χ4v) is 6.40. The predicted molar refractivity (Wildman–Crippen MR) is 158 cm³/mol. The van der Waals surface area contributed by atoms with Crippen LogP contribution in [0.25, 0.3) is 11.3 Å². The standard InChI is InChI=1S/C27H36ClN9O2S/c1-2-20-16-36(26-24(28)31-23(25(29)32-26)27(39)30-9-14-38)12-13-37(20)21-7-10-35(11-8-21)15-18-3-5-19(6-4-18)22-17-40-34-33-22/h3-6,17,20-21,38H,2,7-16H2,1H3,(H2,29,32)(H,30,39)/t20-/m0/s1. The predicted octanol–water partition coefficient (Wildman–Crippen LogP) is 2.52. The lowest BCUT2D eigenvalue weighted by molar-refractivity contribution is 0.0610. The van der Waals surface area contributed by atoms with E-state index in [0.717, 1.165) is 69.8 Å². The van der Waals surface area contributed by atoms with Gasteiger partial charge in [0.2, 0.25) is 0 Å². The van der Waals surface area contributed by atoms with Gasteiger partial charge in [0.1, 0.15) is 5.69 Å². The molecule has 2 fully saturated rings. The van der Waals surface area contributed by atoms with Crippen LogP contribution in [-0.2, 0) is 6.54 Å². The third-order valence-electron chi connectivity index (χ3n) is 7.82. The second-order valence-electron chi connectivity index (χ2n) is 10.3. The number of aromatic nitrogens is 4. The first-order chi connectivity index (χ1) is 19.5. The van der Waals surface area contributed by atoms with Gasteiger partial charge in [0.05, 0.1) is 6.61 Å². The molecular weight excluding hydrogens is 550 g/mol. The molecule has 0 bridgehead atoms. The van der Waals surface area contributed by atoms with E-state index in [2.05, 4.69) is 70.8 Å². The van der Waals surface area contributed by atoms with Crippen LogP contribution >= 0.6 is 23.1 Å². The summed E-state index contributed by atoms with van der Waals surface area (Å²) in [6.07, 6.45) is 3.30. The number of nitrogens with one attached hydrogen (secondary N) is 1. The second-order valence-corrected chi connectivity index (χ2v) is 11.3. The number of aliphatic hydroxyl groups is 1. The molecule has 214 valence electrons. The summed E-state index contributed by atoms with van der Waals surface area (Å²) in [7, 11) is 0. The molecule has 0 saturated carbocycles. The van der Waals surface area contributed by atoms with Crippen molar-refractivity contribution in [3.8, 4) is 11.3 Å². The molecule has 1 atom stereocenters. The van der Waals surface area contributed by atoms with Gasteiger partial charge < -0.3 is 21.1 Å². The minimum atomic E-state index is -0.500. The Balaban J connectivity index is 1.15. The van der Waals surface area contributed by atoms with E-state index in [4.69, 9.17) is 22.4 Å². The second kappa shape index (κ2) is 13.2. The molecule has 3 aromatic rings. The molecular formula is C27H36ClN9O2S. The zero-order chi connectivity index (χ0) is 28.1. The number of nitrogens with zero attached hydrogens (tertiary/aromatic N) is 7. The van der Waals surface area contributed by atoms with Gasteiger partial charge in [0, 0.05) is 55.8 Å². The van der Waals surface area contributed by atoms with Crippen molar-refractivity contribution in [3.63, 3.8) is 0 Å². The molecule has 1 aromatic carbocycles. The number of hydrogen-bond acceptors (Lipinski definition) is 11.